The lowest BCUT2D eigenvalue weighted by atomic mass is 10.1. The minimum absolute atomic E-state index is 0.165. The number of esters is 1. The van der Waals surface area contributed by atoms with Crippen LogP contribution in [0.15, 0.2) is 71.3 Å². The van der Waals surface area contributed by atoms with Gasteiger partial charge in [0, 0.05) is 17.6 Å². The van der Waals surface area contributed by atoms with Crippen molar-refractivity contribution in [1.82, 2.24) is 4.98 Å². The predicted molar refractivity (Wildman–Crippen MR) is 113 cm³/mol. The Morgan fingerprint density at radius 3 is 2.46 bits per heavy atom. The summed E-state index contributed by atoms with van der Waals surface area (Å²) in [6, 6.07) is 17.9. The van der Waals surface area contributed by atoms with E-state index >= 15 is 0 Å². The summed E-state index contributed by atoms with van der Waals surface area (Å²) in [5.41, 5.74) is 2.33. The van der Waals surface area contributed by atoms with Gasteiger partial charge in [0.1, 0.15) is 11.6 Å². The van der Waals surface area contributed by atoms with E-state index in [1.54, 1.807) is 42.6 Å². The lowest BCUT2D eigenvalue weighted by molar-refractivity contribution is -0.114. The number of ether oxygens (including phenoxy) is 1. The van der Waals surface area contributed by atoms with Crippen molar-refractivity contribution in [3.8, 4) is 5.75 Å². The Balaban J connectivity index is 1.65. The average Bonchev–Trinajstić information content (AvgIpc) is 2.67. The monoisotopic (exact) mass is 436 g/mol. The minimum atomic E-state index is -0.410. The fraction of sp³-hybridized carbons (Fsp3) is 0.0455. The maximum Gasteiger partial charge on any atom is 0.343 e. The third-order valence-electron chi connectivity index (χ3n) is 3.71. The molecule has 0 bridgehead atoms. The molecule has 1 aromatic heterocycles. The van der Waals surface area contributed by atoms with Crippen LogP contribution in [-0.4, -0.2) is 16.9 Å². The topological polar surface area (TPSA) is 68.3 Å². The molecule has 0 radical (unpaired) electrons. The van der Waals surface area contributed by atoms with Crippen molar-refractivity contribution in [1.29, 1.82) is 0 Å². The highest BCUT2D eigenvalue weighted by atomic mass is 79.9. The smallest absolute Gasteiger partial charge is 0.343 e. The summed E-state index contributed by atoms with van der Waals surface area (Å²) in [5, 5.41) is 2.65. The van der Waals surface area contributed by atoms with E-state index < -0.39 is 5.97 Å². The van der Waals surface area contributed by atoms with E-state index in [-0.39, 0.29) is 5.91 Å². The molecule has 0 atom stereocenters. The first-order chi connectivity index (χ1) is 13.5. The fourth-order valence-electron chi connectivity index (χ4n) is 2.42. The SMILES string of the molecule is CC(=O)Nc1cc(/C=C/c2ccc(OC(=O)c3cccc(Br)c3)cc2)ccn1. The van der Waals surface area contributed by atoms with Crippen LogP contribution in [0.4, 0.5) is 5.82 Å². The summed E-state index contributed by atoms with van der Waals surface area (Å²) in [6.07, 6.45) is 5.47. The van der Waals surface area contributed by atoms with Gasteiger partial charge in [-0.15, -0.1) is 0 Å². The lowest BCUT2D eigenvalue weighted by Gasteiger charge is -2.05. The molecule has 3 aromatic rings. The highest BCUT2D eigenvalue weighted by molar-refractivity contribution is 9.10. The number of nitrogens with zero attached hydrogens (tertiary/aromatic N) is 1. The molecule has 1 heterocycles. The quantitative estimate of drug-likeness (QED) is 0.441. The number of anilines is 1. The number of hydrogen-bond donors (Lipinski definition) is 1. The molecule has 0 aliphatic carbocycles. The second-order valence-corrected chi connectivity index (χ2v) is 6.87. The third-order valence-corrected chi connectivity index (χ3v) is 4.20. The van der Waals surface area contributed by atoms with Gasteiger partial charge < -0.3 is 10.1 Å². The molecule has 3 rings (SSSR count). The van der Waals surface area contributed by atoms with Crippen LogP contribution >= 0.6 is 15.9 Å². The first-order valence-electron chi connectivity index (χ1n) is 8.49. The average molecular weight is 437 g/mol. The normalized spacial score (nSPS) is 10.6. The fourth-order valence-corrected chi connectivity index (χ4v) is 2.82. The first kappa shape index (κ1) is 19.5. The summed E-state index contributed by atoms with van der Waals surface area (Å²) < 4.78 is 6.21. The summed E-state index contributed by atoms with van der Waals surface area (Å²) in [6.45, 7) is 1.44. The van der Waals surface area contributed by atoms with Crippen molar-refractivity contribution < 1.29 is 14.3 Å². The van der Waals surface area contributed by atoms with Crippen LogP contribution in [0.2, 0.25) is 0 Å². The number of carbonyl (C=O) groups is 2. The zero-order valence-electron chi connectivity index (χ0n) is 15.1. The number of benzene rings is 2. The molecule has 0 aliphatic rings. The Hall–Kier alpha value is -3.25. The summed E-state index contributed by atoms with van der Waals surface area (Å²) in [4.78, 5) is 27.4. The maximum atomic E-state index is 12.2. The number of amides is 1. The number of nitrogens with one attached hydrogen (secondary N) is 1. The molecular formula is C22H17BrN2O3. The Kier molecular flexibility index (Phi) is 6.34. The molecule has 28 heavy (non-hydrogen) atoms. The highest BCUT2D eigenvalue weighted by Crippen LogP contribution is 2.18. The van der Waals surface area contributed by atoms with Gasteiger partial charge in [-0.1, -0.05) is 46.3 Å². The van der Waals surface area contributed by atoms with Crippen LogP contribution in [0.3, 0.4) is 0 Å². The van der Waals surface area contributed by atoms with Crippen LogP contribution in [0, 0.1) is 0 Å². The number of aromatic nitrogens is 1. The van der Waals surface area contributed by atoms with Crippen LogP contribution in [0.25, 0.3) is 12.2 Å². The van der Waals surface area contributed by atoms with Crippen LogP contribution in [0.1, 0.15) is 28.4 Å². The molecule has 0 spiro atoms. The van der Waals surface area contributed by atoms with E-state index in [9.17, 15) is 9.59 Å². The van der Waals surface area contributed by atoms with E-state index in [4.69, 9.17) is 4.74 Å². The number of carbonyl (C=O) groups excluding carboxylic acids is 2. The molecule has 2 aromatic carbocycles. The Morgan fingerprint density at radius 2 is 1.75 bits per heavy atom. The second-order valence-electron chi connectivity index (χ2n) is 5.96. The second kappa shape index (κ2) is 9.10. The molecule has 1 N–H and O–H groups in total. The zero-order chi connectivity index (χ0) is 19.9. The van der Waals surface area contributed by atoms with Gasteiger partial charge in [0.2, 0.25) is 5.91 Å². The summed E-state index contributed by atoms with van der Waals surface area (Å²) in [5.74, 6) is 0.400. The van der Waals surface area contributed by atoms with Gasteiger partial charge in [-0.25, -0.2) is 9.78 Å². The molecule has 140 valence electrons. The minimum Gasteiger partial charge on any atom is -0.423 e. The van der Waals surface area contributed by atoms with E-state index in [2.05, 4.69) is 26.2 Å². The van der Waals surface area contributed by atoms with Gasteiger partial charge in [-0.05, 0) is 53.6 Å². The lowest BCUT2D eigenvalue weighted by Crippen LogP contribution is -2.08. The van der Waals surface area contributed by atoms with Crippen LogP contribution in [-0.2, 0) is 4.79 Å². The first-order valence-corrected chi connectivity index (χ1v) is 9.28. The van der Waals surface area contributed by atoms with E-state index in [1.165, 1.54) is 6.92 Å². The Bertz CT molecular complexity index is 1030. The van der Waals surface area contributed by atoms with E-state index in [0.717, 1.165) is 15.6 Å². The van der Waals surface area contributed by atoms with Gasteiger partial charge in [0.25, 0.3) is 0 Å². The predicted octanol–water partition coefficient (Wildman–Crippen LogP) is 5.19. The number of hydrogen-bond acceptors (Lipinski definition) is 4. The van der Waals surface area contributed by atoms with Gasteiger partial charge in [-0.2, -0.15) is 0 Å². The largest absolute Gasteiger partial charge is 0.423 e. The highest BCUT2D eigenvalue weighted by Gasteiger charge is 2.08. The van der Waals surface area contributed by atoms with Crippen molar-refractivity contribution >= 4 is 45.8 Å². The number of pyridine rings is 1. The molecule has 0 unspecified atom stereocenters. The molecular weight excluding hydrogens is 420 g/mol. The van der Waals surface area contributed by atoms with Crippen molar-refractivity contribution in [2.24, 2.45) is 0 Å². The van der Waals surface area contributed by atoms with Gasteiger partial charge >= 0.3 is 5.97 Å². The number of halogens is 1. The zero-order valence-corrected chi connectivity index (χ0v) is 16.6. The van der Waals surface area contributed by atoms with Crippen molar-refractivity contribution in [3.63, 3.8) is 0 Å². The van der Waals surface area contributed by atoms with Crippen molar-refractivity contribution in [3.05, 3.63) is 88.0 Å². The van der Waals surface area contributed by atoms with Gasteiger partial charge in [0.05, 0.1) is 5.56 Å². The molecule has 0 saturated carbocycles. The third kappa shape index (κ3) is 5.62. The van der Waals surface area contributed by atoms with E-state index in [0.29, 0.717) is 17.1 Å². The van der Waals surface area contributed by atoms with Crippen LogP contribution in [0.5, 0.6) is 5.75 Å². The molecule has 6 heteroatoms. The van der Waals surface area contributed by atoms with Gasteiger partial charge in [0.15, 0.2) is 0 Å². The van der Waals surface area contributed by atoms with E-state index in [1.807, 2.05) is 36.4 Å². The summed E-state index contributed by atoms with van der Waals surface area (Å²) in [7, 11) is 0. The molecule has 0 fully saturated rings. The molecule has 1 amide bonds. The van der Waals surface area contributed by atoms with Crippen molar-refractivity contribution in [2.75, 3.05) is 5.32 Å². The molecule has 0 aliphatic heterocycles. The van der Waals surface area contributed by atoms with Crippen molar-refractivity contribution in [2.45, 2.75) is 6.92 Å². The van der Waals surface area contributed by atoms with Crippen LogP contribution < -0.4 is 10.1 Å². The number of rotatable bonds is 5. The summed E-state index contributed by atoms with van der Waals surface area (Å²) >= 11 is 3.34. The Labute approximate surface area is 171 Å². The molecule has 0 saturated heterocycles. The molecule has 5 nitrogen and oxygen atoms in total. The maximum absolute atomic E-state index is 12.2. The standard InChI is InChI=1S/C22H17BrN2O3/c1-15(26)25-21-13-17(11-12-24-21)6-5-16-7-9-20(10-8-16)28-22(27)18-3-2-4-19(23)14-18/h2-14H,1H3,(H,24,25,26)/b6-5+. The Morgan fingerprint density at radius 1 is 1.00 bits per heavy atom. The van der Waals surface area contributed by atoms with Gasteiger partial charge in [-0.3, -0.25) is 4.79 Å².